The van der Waals surface area contributed by atoms with Crippen molar-refractivity contribution in [3.05, 3.63) is 17.7 Å². The minimum atomic E-state index is -3.02. The number of benzene rings is 1. The minimum Gasteiger partial charge on any atom is -0.493 e. The highest BCUT2D eigenvalue weighted by Crippen LogP contribution is 2.40. The quantitative estimate of drug-likeness (QED) is 0.783. The molecule has 1 unspecified atom stereocenters. The van der Waals surface area contributed by atoms with Crippen molar-refractivity contribution in [1.82, 2.24) is 0 Å². The summed E-state index contributed by atoms with van der Waals surface area (Å²) in [5, 5.41) is 10.2. The van der Waals surface area contributed by atoms with E-state index in [1.807, 2.05) is 0 Å². The summed E-state index contributed by atoms with van der Waals surface area (Å²) in [6.45, 7) is 0. The molecule has 6 nitrogen and oxygen atoms in total. The van der Waals surface area contributed by atoms with Crippen LogP contribution in [0.1, 0.15) is 24.5 Å². The van der Waals surface area contributed by atoms with Gasteiger partial charge in [0.05, 0.1) is 27.4 Å². The summed E-state index contributed by atoms with van der Waals surface area (Å²) in [6, 6.07) is 3.32. The first kappa shape index (κ1) is 17.6. The third kappa shape index (κ3) is 5.09. The van der Waals surface area contributed by atoms with E-state index in [1.165, 1.54) is 27.6 Å². The van der Waals surface area contributed by atoms with Gasteiger partial charge in [-0.05, 0) is 30.5 Å². The molecule has 0 aromatic heterocycles. The standard InChI is InChI=1S/C14H22O6S/c1-18-12-8-10(9-13(19-2)14(12)20-3)11(15)6-5-7-21(4,16)17/h8-9,11,15H,5-7H2,1-4H3. The Morgan fingerprint density at radius 2 is 1.62 bits per heavy atom. The maximum absolute atomic E-state index is 11.1. The lowest BCUT2D eigenvalue weighted by Crippen LogP contribution is -2.06. The van der Waals surface area contributed by atoms with Gasteiger partial charge in [-0.3, -0.25) is 0 Å². The van der Waals surface area contributed by atoms with Gasteiger partial charge in [0.25, 0.3) is 0 Å². The van der Waals surface area contributed by atoms with Crippen LogP contribution in [0.4, 0.5) is 0 Å². The predicted molar refractivity (Wildman–Crippen MR) is 80.0 cm³/mol. The lowest BCUT2D eigenvalue weighted by molar-refractivity contribution is 0.165. The first-order chi connectivity index (χ1) is 9.82. The van der Waals surface area contributed by atoms with Gasteiger partial charge in [0.1, 0.15) is 9.84 Å². The molecular formula is C14H22O6S. The Hall–Kier alpha value is -1.47. The monoisotopic (exact) mass is 318 g/mol. The van der Waals surface area contributed by atoms with Gasteiger partial charge in [-0.2, -0.15) is 0 Å². The highest BCUT2D eigenvalue weighted by Gasteiger charge is 2.17. The Kier molecular flexibility index (Phi) is 6.29. The van der Waals surface area contributed by atoms with E-state index in [-0.39, 0.29) is 5.75 Å². The molecule has 1 aromatic rings. The van der Waals surface area contributed by atoms with E-state index < -0.39 is 15.9 Å². The maximum atomic E-state index is 11.1. The molecule has 120 valence electrons. The summed E-state index contributed by atoms with van der Waals surface area (Å²) in [7, 11) is 1.48. The van der Waals surface area contributed by atoms with Crippen LogP contribution in [0, 0.1) is 0 Å². The van der Waals surface area contributed by atoms with Crippen LogP contribution in [0.25, 0.3) is 0 Å². The van der Waals surface area contributed by atoms with Gasteiger partial charge >= 0.3 is 0 Å². The van der Waals surface area contributed by atoms with Crippen molar-refractivity contribution in [3.8, 4) is 17.2 Å². The second-order valence-electron chi connectivity index (χ2n) is 4.75. The second kappa shape index (κ2) is 7.51. The van der Waals surface area contributed by atoms with Crippen LogP contribution in [0.2, 0.25) is 0 Å². The van der Waals surface area contributed by atoms with Gasteiger partial charge in [-0.1, -0.05) is 0 Å². The van der Waals surface area contributed by atoms with Crippen molar-refractivity contribution >= 4 is 9.84 Å². The molecule has 0 radical (unpaired) electrons. The average molecular weight is 318 g/mol. The molecule has 0 saturated heterocycles. The van der Waals surface area contributed by atoms with Crippen LogP contribution < -0.4 is 14.2 Å². The number of rotatable bonds is 8. The molecule has 0 aliphatic heterocycles. The number of aliphatic hydroxyl groups is 1. The van der Waals surface area contributed by atoms with Crippen molar-refractivity contribution < 1.29 is 27.7 Å². The summed E-state index contributed by atoms with van der Waals surface area (Å²) in [6.07, 6.45) is 1.11. The molecule has 0 saturated carbocycles. The Labute approximate surface area is 125 Å². The second-order valence-corrected chi connectivity index (χ2v) is 7.01. The van der Waals surface area contributed by atoms with Crippen LogP contribution in [-0.4, -0.2) is 46.9 Å². The first-order valence-electron chi connectivity index (χ1n) is 6.48. The molecule has 0 spiro atoms. The summed E-state index contributed by atoms with van der Waals surface area (Å²) in [4.78, 5) is 0. The number of hydrogen-bond donors (Lipinski definition) is 1. The highest BCUT2D eigenvalue weighted by atomic mass is 32.2. The van der Waals surface area contributed by atoms with Gasteiger partial charge in [0.15, 0.2) is 11.5 Å². The molecule has 1 aromatic carbocycles. The van der Waals surface area contributed by atoms with E-state index in [2.05, 4.69) is 0 Å². The summed E-state index contributed by atoms with van der Waals surface area (Å²) >= 11 is 0. The Balaban J connectivity index is 2.91. The SMILES string of the molecule is COc1cc(C(O)CCCS(C)(=O)=O)cc(OC)c1OC. The fourth-order valence-corrected chi connectivity index (χ4v) is 2.69. The zero-order chi connectivity index (χ0) is 16.0. The van der Waals surface area contributed by atoms with Crippen LogP contribution in [0.15, 0.2) is 12.1 Å². The Morgan fingerprint density at radius 1 is 1.10 bits per heavy atom. The first-order valence-corrected chi connectivity index (χ1v) is 8.54. The van der Waals surface area contributed by atoms with E-state index in [0.717, 1.165) is 0 Å². The lowest BCUT2D eigenvalue weighted by Gasteiger charge is -2.17. The molecular weight excluding hydrogens is 296 g/mol. The smallest absolute Gasteiger partial charge is 0.203 e. The van der Waals surface area contributed by atoms with E-state index in [0.29, 0.717) is 35.7 Å². The van der Waals surface area contributed by atoms with E-state index in [1.54, 1.807) is 12.1 Å². The molecule has 0 bridgehead atoms. The van der Waals surface area contributed by atoms with Crippen molar-refractivity contribution in [2.24, 2.45) is 0 Å². The summed E-state index contributed by atoms with van der Waals surface area (Å²) < 4.78 is 37.8. The summed E-state index contributed by atoms with van der Waals surface area (Å²) in [5.74, 6) is 1.41. The van der Waals surface area contributed by atoms with Crippen molar-refractivity contribution in [1.29, 1.82) is 0 Å². The number of methoxy groups -OCH3 is 3. The third-order valence-electron chi connectivity index (χ3n) is 3.06. The van der Waals surface area contributed by atoms with Gasteiger partial charge in [0.2, 0.25) is 5.75 Å². The van der Waals surface area contributed by atoms with Crippen molar-refractivity contribution in [3.63, 3.8) is 0 Å². The third-order valence-corrected chi connectivity index (χ3v) is 4.09. The predicted octanol–water partition coefficient (Wildman–Crippen LogP) is 1.57. The number of ether oxygens (including phenoxy) is 3. The van der Waals surface area contributed by atoms with Crippen LogP contribution in [0.5, 0.6) is 17.2 Å². The fraction of sp³-hybridized carbons (Fsp3) is 0.571. The molecule has 0 fully saturated rings. The molecule has 1 rings (SSSR count). The van der Waals surface area contributed by atoms with E-state index in [9.17, 15) is 13.5 Å². The normalized spacial score (nSPS) is 12.8. The molecule has 0 aliphatic rings. The minimum absolute atomic E-state index is 0.0501. The van der Waals surface area contributed by atoms with Crippen LogP contribution in [-0.2, 0) is 9.84 Å². The van der Waals surface area contributed by atoms with E-state index >= 15 is 0 Å². The number of aliphatic hydroxyl groups excluding tert-OH is 1. The molecule has 1 atom stereocenters. The number of sulfone groups is 1. The maximum Gasteiger partial charge on any atom is 0.203 e. The van der Waals surface area contributed by atoms with Gasteiger partial charge in [-0.25, -0.2) is 8.42 Å². The Bertz CT molecular complexity index is 542. The van der Waals surface area contributed by atoms with Crippen LogP contribution in [0.3, 0.4) is 0 Å². The van der Waals surface area contributed by atoms with Gasteiger partial charge < -0.3 is 19.3 Å². The zero-order valence-corrected chi connectivity index (χ0v) is 13.6. The van der Waals surface area contributed by atoms with Crippen molar-refractivity contribution in [2.75, 3.05) is 33.3 Å². The Morgan fingerprint density at radius 3 is 2.00 bits per heavy atom. The molecule has 21 heavy (non-hydrogen) atoms. The molecule has 0 heterocycles. The van der Waals surface area contributed by atoms with Gasteiger partial charge in [-0.15, -0.1) is 0 Å². The highest BCUT2D eigenvalue weighted by molar-refractivity contribution is 7.90. The fourth-order valence-electron chi connectivity index (χ4n) is 2.00. The van der Waals surface area contributed by atoms with E-state index in [4.69, 9.17) is 14.2 Å². The lowest BCUT2D eigenvalue weighted by atomic mass is 10.0. The largest absolute Gasteiger partial charge is 0.493 e. The molecule has 1 N–H and O–H groups in total. The molecule has 7 heteroatoms. The van der Waals surface area contributed by atoms with Gasteiger partial charge in [0, 0.05) is 12.0 Å². The molecule has 0 amide bonds. The van der Waals surface area contributed by atoms with Crippen LogP contribution >= 0.6 is 0 Å². The topological polar surface area (TPSA) is 82.1 Å². The average Bonchev–Trinajstić information content (AvgIpc) is 2.43. The van der Waals surface area contributed by atoms with Crippen molar-refractivity contribution in [2.45, 2.75) is 18.9 Å². The zero-order valence-electron chi connectivity index (χ0n) is 12.8. The number of hydrogen-bond acceptors (Lipinski definition) is 6. The molecule has 0 aliphatic carbocycles. The summed E-state index contributed by atoms with van der Waals surface area (Å²) in [5.41, 5.74) is 0.595.